The summed E-state index contributed by atoms with van der Waals surface area (Å²) in [6, 6.07) is 5.67. The molecule has 0 unspecified atom stereocenters. The third kappa shape index (κ3) is 7.37. The van der Waals surface area contributed by atoms with Crippen molar-refractivity contribution in [2.75, 3.05) is 39.5 Å². The average molecular weight is 375 g/mol. The predicted molar refractivity (Wildman–Crippen MR) is 82.3 cm³/mol. The number of carbonyl (C=O) groups excluding carboxylic acids is 1. The number of aromatic nitrogens is 1. The smallest absolute Gasteiger partial charge is 0.317 e. The fourth-order valence-corrected chi connectivity index (χ4v) is 2.41. The number of hydrogen-bond donors (Lipinski definition) is 1. The molecule has 0 aromatic carbocycles. The van der Waals surface area contributed by atoms with Crippen LogP contribution in [0.1, 0.15) is 11.4 Å². The number of carboxylic acid groups (broad SMARTS) is 1. The number of aliphatic carboxylic acids is 1. The zero-order chi connectivity index (χ0) is 16.5. The molecule has 2 bridgehead atoms. The molecule has 1 aromatic heterocycles. The van der Waals surface area contributed by atoms with Gasteiger partial charge in [-0.3, -0.25) is 19.6 Å². The van der Waals surface area contributed by atoms with Crippen molar-refractivity contribution in [3.05, 3.63) is 34.9 Å². The molecule has 1 aliphatic rings. The molecular formula is C15H20MnN4O4-2. The van der Waals surface area contributed by atoms with Crippen molar-refractivity contribution in [3.63, 3.8) is 0 Å². The summed E-state index contributed by atoms with van der Waals surface area (Å²) in [4.78, 5) is 29.5. The molecule has 2 rings (SSSR count). The summed E-state index contributed by atoms with van der Waals surface area (Å²) in [5.41, 5.74) is 1.65. The van der Waals surface area contributed by atoms with E-state index in [0.29, 0.717) is 39.3 Å². The van der Waals surface area contributed by atoms with Gasteiger partial charge in [0.15, 0.2) is 0 Å². The maximum atomic E-state index is 11.0. The van der Waals surface area contributed by atoms with Crippen LogP contribution in [-0.4, -0.2) is 71.8 Å². The zero-order valence-electron chi connectivity index (χ0n) is 13.2. The van der Waals surface area contributed by atoms with Gasteiger partial charge in [-0.1, -0.05) is 12.5 Å². The van der Waals surface area contributed by atoms with E-state index in [2.05, 4.69) is 10.3 Å². The van der Waals surface area contributed by atoms with Crippen molar-refractivity contribution in [3.8, 4) is 0 Å². The number of carbonyl (C=O) groups is 1. The molecule has 1 aliphatic heterocycles. The average Bonchev–Trinajstić information content (AvgIpc) is 2.50. The number of fused-ring (bicyclic) bond motifs is 2. The molecule has 133 valence electrons. The normalized spacial score (nSPS) is 17.0. The first-order valence-electron chi connectivity index (χ1n) is 7.41. The Labute approximate surface area is 151 Å². The molecule has 1 radical (unpaired) electrons. The van der Waals surface area contributed by atoms with Crippen LogP contribution in [0.25, 0.3) is 5.32 Å². The molecule has 0 fully saturated rings. The summed E-state index contributed by atoms with van der Waals surface area (Å²) >= 11 is 0. The molecule has 0 amide bonds. The number of ether oxygens (including phenoxy) is 1. The van der Waals surface area contributed by atoms with Crippen LogP contribution in [0.5, 0.6) is 0 Å². The Kier molecular flexibility index (Phi) is 9.51. The van der Waals surface area contributed by atoms with E-state index >= 15 is 0 Å². The van der Waals surface area contributed by atoms with Gasteiger partial charge in [0.25, 0.3) is 0 Å². The fraction of sp³-hybridized carbons (Fsp3) is 0.533. The van der Waals surface area contributed by atoms with Crippen LogP contribution in [-0.2, 0) is 44.5 Å². The topological polar surface area (TPSA) is 97.1 Å². The van der Waals surface area contributed by atoms with Crippen LogP contribution in [0.4, 0.5) is 0 Å². The Bertz CT molecular complexity index is 532. The SMILES string of the molecule is O=[C-]OCN1CC[N-]CCN(CC(=O)O)Cc2cccc(n2)C1.[Mn]. The number of pyridine rings is 1. The Morgan fingerprint density at radius 3 is 2.50 bits per heavy atom. The van der Waals surface area contributed by atoms with Crippen molar-refractivity contribution in [1.82, 2.24) is 14.8 Å². The molecule has 8 nitrogen and oxygen atoms in total. The Balaban J connectivity index is 0.00000288. The Morgan fingerprint density at radius 1 is 1.25 bits per heavy atom. The summed E-state index contributed by atoms with van der Waals surface area (Å²) in [5.74, 6) is -0.860. The second-order valence-electron chi connectivity index (χ2n) is 5.30. The van der Waals surface area contributed by atoms with Crippen LogP contribution < -0.4 is 0 Å². The van der Waals surface area contributed by atoms with Crippen molar-refractivity contribution in [2.45, 2.75) is 13.1 Å². The van der Waals surface area contributed by atoms with E-state index in [9.17, 15) is 9.59 Å². The molecule has 1 aromatic rings. The minimum Gasteiger partial charge on any atom is -0.660 e. The van der Waals surface area contributed by atoms with E-state index in [1.54, 1.807) is 0 Å². The van der Waals surface area contributed by atoms with Gasteiger partial charge in [-0.25, -0.2) is 0 Å². The third-order valence-electron chi connectivity index (χ3n) is 3.45. The molecule has 0 saturated carbocycles. The van der Waals surface area contributed by atoms with Gasteiger partial charge in [0.2, 0.25) is 0 Å². The van der Waals surface area contributed by atoms with Gasteiger partial charge in [-0.15, -0.1) is 13.1 Å². The minimum absolute atomic E-state index is 0. The Hall–Kier alpha value is -1.51. The maximum absolute atomic E-state index is 11.0. The Morgan fingerprint density at radius 2 is 1.88 bits per heavy atom. The summed E-state index contributed by atoms with van der Waals surface area (Å²) in [5, 5.41) is 13.4. The van der Waals surface area contributed by atoms with Crippen molar-refractivity contribution >= 4 is 12.4 Å². The largest absolute Gasteiger partial charge is 0.660 e. The van der Waals surface area contributed by atoms with Gasteiger partial charge >= 0.3 is 5.97 Å². The first kappa shape index (κ1) is 20.5. The number of nitrogens with zero attached hydrogens (tertiary/aromatic N) is 4. The van der Waals surface area contributed by atoms with Gasteiger partial charge in [0, 0.05) is 30.2 Å². The first-order valence-corrected chi connectivity index (χ1v) is 7.41. The van der Waals surface area contributed by atoms with Gasteiger partial charge in [-0.05, 0) is 25.2 Å². The van der Waals surface area contributed by atoms with E-state index in [1.165, 1.54) is 6.47 Å². The van der Waals surface area contributed by atoms with Gasteiger partial charge < -0.3 is 20.0 Å². The molecular weight excluding hydrogens is 355 g/mol. The monoisotopic (exact) mass is 375 g/mol. The minimum atomic E-state index is -0.860. The van der Waals surface area contributed by atoms with E-state index in [4.69, 9.17) is 9.84 Å². The van der Waals surface area contributed by atoms with Crippen molar-refractivity contribution < 1.29 is 36.5 Å². The van der Waals surface area contributed by atoms with Crippen LogP contribution in [0.3, 0.4) is 0 Å². The fourth-order valence-electron chi connectivity index (χ4n) is 2.41. The quantitative estimate of drug-likeness (QED) is 0.580. The molecule has 24 heavy (non-hydrogen) atoms. The molecule has 2 heterocycles. The van der Waals surface area contributed by atoms with Crippen LogP contribution in [0, 0.1) is 0 Å². The van der Waals surface area contributed by atoms with Crippen molar-refractivity contribution in [1.29, 1.82) is 0 Å². The van der Waals surface area contributed by atoms with Gasteiger partial charge in [0.1, 0.15) is 6.73 Å². The van der Waals surface area contributed by atoms with Crippen LogP contribution in [0.15, 0.2) is 18.2 Å². The van der Waals surface area contributed by atoms with Crippen LogP contribution in [0.2, 0.25) is 0 Å². The predicted octanol–water partition coefficient (Wildman–Crippen LogP) is 0.196. The van der Waals surface area contributed by atoms with Gasteiger partial charge in [-0.2, -0.15) is 0 Å². The van der Waals surface area contributed by atoms with E-state index in [1.807, 2.05) is 28.0 Å². The second-order valence-corrected chi connectivity index (χ2v) is 5.30. The molecule has 9 heteroatoms. The zero-order valence-corrected chi connectivity index (χ0v) is 14.4. The first-order chi connectivity index (χ1) is 11.2. The molecule has 1 N–H and O–H groups in total. The summed E-state index contributed by atoms with van der Waals surface area (Å²) in [6.45, 7) is 4.88. The van der Waals surface area contributed by atoms with E-state index in [0.717, 1.165) is 11.4 Å². The summed E-state index contributed by atoms with van der Waals surface area (Å²) in [7, 11) is 0. The maximum Gasteiger partial charge on any atom is 0.317 e. The number of rotatable bonds is 5. The third-order valence-corrected chi connectivity index (χ3v) is 3.45. The number of carboxylic acids is 1. The summed E-state index contributed by atoms with van der Waals surface area (Å²) < 4.78 is 4.71. The standard InChI is InChI=1S/C15H20N4O4.Mn/c20-12-23-11-19-7-5-16-4-6-18(10-15(21)22)8-13-2-1-3-14(9-19)17-13;/h1-3H,4-11H2,(H,21,22);/q-2;. The summed E-state index contributed by atoms with van der Waals surface area (Å²) in [6.07, 6.45) is 0. The van der Waals surface area contributed by atoms with E-state index in [-0.39, 0.29) is 30.3 Å². The molecule has 0 atom stereocenters. The molecule has 0 spiro atoms. The van der Waals surface area contributed by atoms with E-state index < -0.39 is 5.97 Å². The van der Waals surface area contributed by atoms with Crippen molar-refractivity contribution in [2.24, 2.45) is 0 Å². The molecule has 0 aliphatic carbocycles. The second kappa shape index (κ2) is 11.1. The van der Waals surface area contributed by atoms with Crippen LogP contribution >= 0.6 is 0 Å². The number of hydrogen-bond acceptors (Lipinski definition) is 6. The molecule has 0 saturated heterocycles. The van der Waals surface area contributed by atoms with Gasteiger partial charge in [0.05, 0.1) is 17.9 Å².